The predicted molar refractivity (Wildman–Crippen MR) is 104 cm³/mol. The van der Waals surface area contributed by atoms with Crippen molar-refractivity contribution in [3.8, 4) is 22.7 Å². The maximum atomic E-state index is 12.1. The number of aromatic carboxylic acids is 1. The van der Waals surface area contributed by atoms with Gasteiger partial charge in [0.15, 0.2) is 0 Å². The second-order valence-corrected chi connectivity index (χ2v) is 6.76. The molecule has 0 aliphatic carbocycles. The van der Waals surface area contributed by atoms with Crippen LogP contribution in [0, 0.1) is 0 Å². The van der Waals surface area contributed by atoms with Gasteiger partial charge in [-0.25, -0.2) is 9.48 Å². The minimum atomic E-state index is -0.979. The molecule has 0 bridgehead atoms. The number of halogens is 1. The highest BCUT2D eigenvalue weighted by Crippen LogP contribution is 2.31. The molecule has 0 radical (unpaired) electrons. The predicted octanol–water partition coefficient (Wildman–Crippen LogP) is 4.96. The maximum absolute atomic E-state index is 12.1. The number of carboxylic acid groups (broad SMARTS) is 1. The first-order valence-electron chi connectivity index (χ1n) is 8.30. The van der Waals surface area contributed by atoms with E-state index in [4.69, 9.17) is 4.74 Å². The summed E-state index contributed by atoms with van der Waals surface area (Å²) in [6.07, 6.45) is 1.43. The van der Waals surface area contributed by atoms with Crippen LogP contribution in [0.5, 0.6) is 5.75 Å². The number of hydrogen-bond acceptors (Lipinski definition) is 3. The molecule has 0 aliphatic rings. The van der Waals surface area contributed by atoms with Gasteiger partial charge in [0.05, 0.1) is 18.5 Å². The van der Waals surface area contributed by atoms with Crippen molar-refractivity contribution in [1.29, 1.82) is 0 Å². The first-order valence-corrected chi connectivity index (χ1v) is 9.10. The first kappa shape index (κ1) is 18.2. The Labute approximate surface area is 160 Å². The van der Waals surface area contributed by atoms with E-state index in [1.54, 1.807) is 17.9 Å². The fourth-order valence-corrected chi connectivity index (χ4v) is 3.33. The zero-order chi connectivity index (χ0) is 18.7. The number of nitrogens with zero attached hydrogens (tertiary/aromatic N) is 2. The third-order valence-corrected chi connectivity index (χ3v) is 4.57. The minimum absolute atomic E-state index is 0.236. The summed E-state index contributed by atoms with van der Waals surface area (Å²) in [6.45, 7) is 2.02. The highest BCUT2D eigenvalue weighted by atomic mass is 79.9. The van der Waals surface area contributed by atoms with E-state index in [2.05, 4.69) is 21.0 Å². The number of aromatic nitrogens is 2. The Morgan fingerprint density at radius 2 is 2.00 bits per heavy atom. The van der Waals surface area contributed by atoms with E-state index in [0.717, 1.165) is 16.6 Å². The highest BCUT2D eigenvalue weighted by molar-refractivity contribution is 9.10. The van der Waals surface area contributed by atoms with E-state index in [1.807, 2.05) is 49.4 Å². The lowest BCUT2D eigenvalue weighted by Crippen LogP contribution is -2.06. The summed E-state index contributed by atoms with van der Waals surface area (Å²) in [6, 6.07) is 15.0. The molecular formula is C20H19BrN2O3. The van der Waals surface area contributed by atoms with Crippen molar-refractivity contribution < 1.29 is 14.6 Å². The molecule has 3 aromatic rings. The molecule has 26 heavy (non-hydrogen) atoms. The number of rotatable bonds is 6. The molecule has 3 rings (SSSR count). The molecule has 1 N–H and O–H groups in total. The van der Waals surface area contributed by atoms with Crippen molar-refractivity contribution in [3.63, 3.8) is 0 Å². The molecule has 1 aromatic heterocycles. The van der Waals surface area contributed by atoms with Crippen LogP contribution in [0.4, 0.5) is 0 Å². The van der Waals surface area contributed by atoms with Crippen molar-refractivity contribution in [3.05, 3.63) is 64.3 Å². The van der Waals surface area contributed by atoms with E-state index in [-0.39, 0.29) is 5.56 Å². The summed E-state index contributed by atoms with van der Waals surface area (Å²) in [5.41, 5.74) is 2.91. The van der Waals surface area contributed by atoms with Crippen LogP contribution < -0.4 is 4.74 Å². The van der Waals surface area contributed by atoms with Crippen molar-refractivity contribution in [1.82, 2.24) is 9.78 Å². The first-order chi connectivity index (χ1) is 12.5. The van der Waals surface area contributed by atoms with Crippen LogP contribution >= 0.6 is 15.9 Å². The summed E-state index contributed by atoms with van der Waals surface area (Å²) in [4.78, 5) is 12.1. The zero-order valence-electron chi connectivity index (χ0n) is 14.6. The maximum Gasteiger partial charge on any atom is 0.339 e. The molecule has 134 valence electrons. The topological polar surface area (TPSA) is 64.3 Å². The SMILES string of the molecule is CCCc1c(C(=O)O)c(-c2cccc(OC)c2)nn1-c1cccc(Br)c1. The lowest BCUT2D eigenvalue weighted by molar-refractivity contribution is 0.0696. The van der Waals surface area contributed by atoms with Crippen molar-refractivity contribution in [2.45, 2.75) is 19.8 Å². The standard InChI is InChI=1S/C20H19BrN2O3/c1-3-6-17-18(20(24)25)19(13-7-4-10-16(11-13)26-2)22-23(17)15-9-5-8-14(21)12-15/h4-5,7-12H,3,6H2,1-2H3,(H,24,25). The molecule has 0 aliphatic heterocycles. The monoisotopic (exact) mass is 414 g/mol. The van der Waals surface area contributed by atoms with E-state index in [0.29, 0.717) is 29.1 Å². The molecule has 5 nitrogen and oxygen atoms in total. The summed E-state index contributed by atoms with van der Waals surface area (Å²) < 4.78 is 7.91. The third kappa shape index (κ3) is 3.51. The second kappa shape index (κ2) is 7.74. The van der Waals surface area contributed by atoms with E-state index in [9.17, 15) is 9.90 Å². The fourth-order valence-electron chi connectivity index (χ4n) is 2.94. The smallest absolute Gasteiger partial charge is 0.339 e. The molecule has 0 saturated heterocycles. The Kier molecular flexibility index (Phi) is 5.42. The Balaban J connectivity index is 2.27. The average Bonchev–Trinajstić information content (AvgIpc) is 3.02. The summed E-state index contributed by atoms with van der Waals surface area (Å²) >= 11 is 3.47. The van der Waals surface area contributed by atoms with Crippen LogP contribution in [0.3, 0.4) is 0 Å². The average molecular weight is 415 g/mol. The largest absolute Gasteiger partial charge is 0.497 e. The van der Waals surface area contributed by atoms with E-state index < -0.39 is 5.97 Å². The van der Waals surface area contributed by atoms with Gasteiger partial charge in [-0.15, -0.1) is 0 Å². The zero-order valence-corrected chi connectivity index (χ0v) is 16.2. The Morgan fingerprint density at radius 3 is 2.65 bits per heavy atom. The molecule has 0 amide bonds. The van der Waals surface area contributed by atoms with Crippen LogP contribution in [-0.4, -0.2) is 28.0 Å². The number of benzene rings is 2. The van der Waals surface area contributed by atoms with Gasteiger partial charge in [-0.3, -0.25) is 0 Å². The summed E-state index contributed by atoms with van der Waals surface area (Å²) in [5.74, 6) is -0.319. The molecule has 1 heterocycles. The number of methoxy groups -OCH3 is 1. The van der Waals surface area contributed by atoms with Gasteiger partial charge in [-0.2, -0.15) is 5.10 Å². The molecule has 0 unspecified atom stereocenters. The molecule has 2 aromatic carbocycles. The Hall–Kier alpha value is -2.60. The van der Waals surface area contributed by atoms with E-state index >= 15 is 0 Å². The van der Waals surface area contributed by atoms with Crippen LogP contribution in [0.15, 0.2) is 53.0 Å². The van der Waals surface area contributed by atoms with Gasteiger partial charge in [0.25, 0.3) is 0 Å². The Morgan fingerprint density at radius 1 is 1.23 bits per heavy atom. The minimum Gasteiger partial charge on any atom is -0.497 e. The molecule has 6 heteroatoms. The van der Waals surface area contributed by atoms with E-state index in [1.165, 1.54) is 0 Å². The van der Waals surface area contributed by atoms with Gasteiger partial charge in [-0.05, 0) is 36.8 Å². The van der Waals surface area contributed by atoms with Crippen LogP contribution in [0.2, 0.25) is 0 Å². The molecule has 0 fully saturated rings. The molecule has 0 atom stereocenters. The molecule has 0 saturated carbocycles. The number of carboxylic acids is 1. The quantitative estimate of drug-likeness (QED) is 0.618. The van der Waals surface area contributed by atoms with Crippen molar-refractivity contribution in [2.75, 3.05) is 7.11 Å². The Bertz CT molecular complexity index is 950. The normalized spacial score (nSPS) is 10.7. The van der Waals surface area contributed by atoms with Crippen molar-refractivity contribution >= 4 is 21.9 Å². The highest BCUT2D eigenvalue weighted by Gasteiger charge is 2.25. The summed E-state index contributed by atoms with van der Waals surface area (Å²) in [7, 11) is 1.58. The fraction of sp³-hybridized carbons (Fsp3) is 0.200. The lowest BCUT2D eigenvalue weighted by Gasteiger charge is -2.07. The van der Waals surface area contributed by atoms with Gasteiger partial charge >= 0.3 is 5.97 Å². The van der Waals surface area contributed by atoms with Gasteiger partial charge in [-0.1, -0.05) is 47.5 Å². The van der Waals surface area contributed by atoms with Gasteiger partial charge in [0.2, 0.25) is 0 Å². The lowest BCUT2D eigenvalue weighted by atomic mass is 10.0. The molecule has 0 spiro atoms. The van der Waals surface area contributed by atoms with Crippen LogP contribution in [0.25, 0.3) is 16.9 Å². The summed E-state index contributed by atoms with van der Waals surface area (Å²) in [5, 5.41) is 14.5. The third-order valence-electron chi connectivity index (χ3n) is 4.08. The second-order valence-electron chi connectivity index (χ2n) is 5.85. The molecular weight excluding hydrogens is 396 g/mol. The number of hydrogen-bond donors (Lipinski definition) is 1. The van der Waals surface area contributed by atoms with Crippen LogP contribution in [0.1, 0.15) is 29.4 Å². The van der Waals surface area contributed by atoms with Gasteiger partial charge < -0.3 is 9.84 Å². The number of ether oxygens (including phenoxy) is 1. The number of carbonyl (C=O) groups is 1. The van der Waals surface area contributed by atoms with Crippen molar-refractivity contribution in [2.24, 2.45) is 0 Å². The van der Waals surface area contributed by atoms with Crippen LogP contribution in [-0.2, 0) is 6.42 Å². The van der Waals surface area contributed by atoms with Gasteiger partial charge in [0.1, 0.15) is 17.0 Å². The van der Waals surface area contributed by atoms with Gasteiger partial charge in [0, 0.05) is 10.0 Å².